The molecule has 3 N–H and O–H groups in total. The molecule has 0 aliphatic heterocycles. The Balaban J connectivity index is 1.51. The normalized spacial score (nSPS) is 14.2. The van der Waals surface area contributed by atoms with Crippen molar-refractivity contribution in [2.75, 3.05) is 25.0 Å². The highest BCUT2D eigenvalue weighted by Gasteiger charge is 2.59. The molecule has 0 fully saturated rings. The van der Waals surface area contributed by atoms with Crippen molar-refractivity contribution >= 4 is 46.7 Å². The van der Waals surface area contributed by atoms with E-state index in [2.05, 4.69) is 16.0 Å². The van der Waals surface area contributed by atoms with Crippen molar-refractivity contribution in [2.24, 2.45) is 0 Å². The van der Waals surface area contributed by atoms with Crippen molar-refractivity contribution in [3.8, 4) is 0 Å². The van der Waals surface area contributed by atoms with Gasteiger partial charge in [-0.05, 0) is 62.4 Å². The average molecular weight is 831 g/mol. The quantitative estimate of drug-likeness (QED) is 0.0615. The molecule has 0 heterocycles. The number of alkyl halides is 6. The molecule has 0 aromatic heterocycles. The number of carbonyl (C=O) groups is 5. The van der Waals surface area contributed by atoms with Gasteiger partial charge in [-0.25, -0.2) is 0 Å². The van der Waals surface area contributed by atoms with Crippen LogP contribution in [0.4, 0.5) is 32.0 Å². The maximum atomic E-state index is 14.6. The molecule has 4 aromatic carbocycles. The van der Waals surface area contributed by atoms with Crippen LogP contribution in [0.15, 0.2) is 109 Å². The zero-order valence-corrected chi connectivity index (χ0v) is 32.4. The van der Waals surface area contributed by atoms with E-state index >= 15 is 0 Å². The number of nitrogens with zero attached hydrogens (tertiary/aromatic N) is 1. The van der Waals surface area contributed by atoms with E-state index in [-0.39, 0.29) is 47.6 Å². The molecule has 308 valence electrons. The molecule has 16 heteroatoms. The zero-order chi connectivity index (χ0) is 42.9. The molecule has 4 rings (SSSR count). The van der Waals surface area contributed by atoms with Crippen LogP contribution in [-0.2, 0) is 30.0 Å². The number of unbranched alkanes of at least 4 members (excludes halogenated alkanes) is 1. The molecule has 0 saturated heterocycles. The van der Waals surface area contributed by atoms with Crippen LogP contribution in [0.5, 0.6) is 0 Å². The number of nitrogens with one attached hydrogen (secondary N) is 3. The Hall–Kier alpha value is -5.70. The lowest BCUT2D eigenvalue weighted by molar-refractivity contribution is -0.192. The summed E-state index contributed by atoms with van der Waals surface area (Å²) in [4.78, 5) is 67.9. The summed E-state index contributed by atoms with van der Waals surface area (Å²) >= 11 is 6.17. The number of hydrogen-bond acceptors (Lipinski definition) is 5. The summed E-state index contributed by atoms with van der Waals surface area (Å²) in [6, 6.07) is 23.6. The second-order valence-electron chi connectivity index (χ2n) is 13.8. The van der Waals surface area contributed by atoms with Crippen LogP contribution in [-0.4, -0.2) is 67.9 Å². The first kappa shape index (κ1) is 45.0. The predicted molar refractivity (Wildman–Crippen MR) is 206 cm³/mol. The summed E-state index contributed by atoms with van der Waals surface area (Å²) in [7, 11) is 1.34. The fourth-order valence-corrected chi connectivity index (χ4v) is 6.25. The minimum absolute atomic E-state index is 0.0419. The number of amides is 4. The number of carbonyl (C=O) groups excluding carboxylic acids is 5. The number of likely N-dealkylation sites (N-methyl/N-ethyl adjacent to an activating group) is 1. The van der Waals surface area contributed by atoms with Crippen molar-refractivity contribution in [2.45, 2.75) is 62.3 Å². The molecule has 0 spiro atoms. The van der Waals surface area contributed by atoms with Crippen molar-refractivity contribution < 1.29 is 50.3 Å². The number of benzene rings is 4. The van der Waals surface area contributed by atoms with Crippen LogP contribution in [0.1, 0.15) is 60.2 Å². The minimum atomic E-state index is -5.13. The summed E-state index contributed by atoms with van der Waals surface area (Å²) in [5, 5.41) is 6.98. The van der Waals surface area contributed by atoms with E-state index < -0.39 is 70.7 Å². The van der Waals surface area contributed by atoms with Gasteiger partial charge in [-0.15, -0.1) is 0 Å². The summed E-state index contributed by atoms with van der Waals surface area (Å²) < 4.78 is 86.3. The smallest absolute Gasteiger partial charge is 0.355 e. The SMILES string of the molecule is CN(C(=O)CNC(=O)[C@H](CCCCNC(=O)[C@](C)(c1ccccc1)C(F)(F)F)NC(=O)[C@](C)(c1ccccc1)C(F)(F)F)c1ccc(Cl)cc1C(=O)c1ccccc1. The van der Waals surface area contributed by atoms with Gasteiger partial charge in [0.05, 0.1) is 12.2 Å². The minimum Gasteiger partial charge on any atom is -0.355 e. The standard InChI is InChI=1S/C42H41ClF6N4O5/c1-39(41(44,45)46,28-17-9-5-10-18-28)37(57)50-24-14-13-21-32(52-38(58)40(2,42(47,48)49)29-19-11-6-12-20-29)36(56)51-26-34(54)53(3)33-23-22-30(43)25-31(33)35(55)27-15-7-4-8-16-27/h4-12,15-20,22-23,25,32H,13-14,21,24,26H2,1-3H3,(H,50,57)(H,51,56)(H,52,58)/t32-,39-,40-/m0/s1. The molecule has 0 radical (unpaired) electrons. The highest BCUT2D eigenvalue weighted by atomic mass is 35.5. The van der Waals surface area contributed by atoms with Crippen molar-refractivity contribution in [1.82, 2.24) is 16.0 Å². The molecule has 0 aliphatic rings. The van der Waals surface area contributed by atoms with E-state index in [1.807, 2.05) is 0 Å². The largest absolute Gasteiger partial charge is 0.406 e. The highest BCUT2D eigenvalue weighted by Crippen LogP contribution is 2.42. The van der Waals surface area contributed by atoms with Gasteiger partial charge < -0.3 is 20.9 Å². The Morgan fingerprint density at radius 2 is 1.17 bits per heavy atom. The Kier molecular flexibility index (Phi) is 14.5. The maximum Gasteiger partial charge on any atom is 0.406 e. The Morgan fingerprint density at radius 1 is 0.672 bits per heavy atom. The second kappa shape index (κ2) is 18.7. The summed E-state index contributed by atoms with van der Waals surface area (Å²) in [5.74, 6) is -5.15. The van der Waals surface area contributed by atoms with E-state index in [0.29, 0.717) is 12.5 Å². The third-order valence-corrected chi connectivity index (χ3v) is 10.2. The van der Waals surface area contributed by atoms with Crippen LogP contribution in [0, 0.1) is 0 Å². The van der Waals surface area contributed by atoms with E-state index in [1.54, 1.807) is 30.3 Å². The number of hydrogen-bond donors (Lipinski definition) is 3. The van der Waals surface area contributed by atoms with Crippen molar-refractivity contribution in [3.05, 3.63) is 136 Å². The summed E-state index contributed by atoms with van der Waals surface area (Å²) in [6.45, 7) is 0.374. The highest BCUT2D eigenvalue weighted by molar-refractivity contribution is 6.31. The first-order chi connectivity index (χ1) is 27.2. The molecule has 9 nitrogen and oxygen atoms in total. The Labute approximate surface area is 336 Å². The summed E-state index contributed by atoms with van der Waals surface area (Å²) in [6.07, 6.45) is -10.5. The van der Waals surface area contributed by atoms with Gasteiger partial charge in [-0.2, -0.15) is 26.3 Å². The molecule has 0 aliphatic carbocycles. The van der Waals surface area contributed by atoms with Crippen LogP contribution >= 0.6 is 11.6 Å². The first-order valence-electron chi connectivity index (χ1n) is 18.0. The van der Waals surface area contributed by atoms with Gasteiger partial charge in [0.1, 0.15) is 6.04 Å². The van der Waals surface area contributed by atoms with Crippen LogP contribution in [0.25, 0.3) is 0 Å². The lowest BCUT2D eigenvalue weighted by Gasteiger charge is -2.33. The Morgan fingerprint density at radius 3 is 1.69 bits per heavy atom. The molecular weight excluding hydrogens is 790 g/mol. The molecule has 4 aromatic rings. The van der Waals surface area contributed by atoms with Gasteiger partial charge in [0.15, 0.2) is 16.6 Å². The maximum absolute atomic E-state index is 14.6. The van der Waals surface area contributed by atoms with E-state index in [4.69, 9.17) is 11.6 Å². The molecule has 58 heavy (non-hydrogen) atoms. The van der Waals surface area contributed by atoms with Crippen LogP contribution < -0.4 is 20.9 Å². The number of rotatable bonds is 16. The van der Waals surface area contributed by atoms with E-state index in [9.17, 15) is 50.3 Å². The summed E-state index contributed by atoms with van der Waals surface area (Å²) in [5.41, 5.74) is -6.19. The second-order valence-corrected chi connectivity index (χ2v) is 14.2. The topological polar surface area (TPSA) is 125 Å². The molecule has 0 bridgehead atoms. The third-order valence-electron chi connectivity index (χ3n) is 9.96. The average Bonchev–Trinajstić information content (AvgIpc) is 3.20. The van der Waals surface area contributed by atoms with Crippen molar-refractivity contribution in [1.29, 1.82) is 0 Å². The van der Waals surface area contributed by atoms with E-state index in [0.717, 1.165) is 24.0 Å². The molecule has 3 atom stereocenters. The van der Waals surface area contributed by atoms with E-state index in [1.165, 1.54) is 73.8 Å². The van der Waals surface area contributed by atoms with Gasteiger partial charge in [-0.1, -0.05) is 103 Å². The predicted octanol–water partition coefficient (Wildman–Crippen LogP) is 7.46. The first-order valence-corrected chi connectivity index (χ1v) is 18.4. The number of anilines is 1. The van der Waals surface area contributed by atoms with Crippen LogP contribution in [0.3, 0.4) is 0 Å². The van der Waals surface area contributed by atoms with Crippen molar-refractivity contribution in [3.63, 3.8) is 0 Å². The lowest BCUT2D eigenvalue weighted by atomic mass is 9.80. The Bertz CT molecular complexity index is 2090. The zero-order valence-electron chi connectivity index (χ0n) is 31.6. The fraction of sp³-hybridized carbons (Fsp3) is 0.310. The molecule has 0 unspecified atom stereocenters. The third kappa shape index (κ3) is 10.0. The van der Waals surface area contributed by atoms with Gasteiger partial charge in [0.25, 0.3) is 0 Å². The number of ketones is 1. The molecule has 0 saturated carbocycles. The van der Waals surface area contributed by atoms with Gasteiger partial charge >= 0.3 is 12.4 Å². The van der Waals surface area contributed by atoms with Crippen LogP contribution in [0.2, 0.25) is 5.02 Å². The van der Waals surface area contributed by atoms with Gasteiger partial charge in [0.2, 0.25) is 23.6 Å². The molecule has 4 amide bonds. The monoisotopic (exact) mass is 830 g/mol. The molecular formula is C42H41ClF6N4O5. The fourth-order valence-electron chi connectivity index (χ4n) is 6.08. The van der Waals surface area contributed by atoms with Gasteiger partial charge in [-0.3, -0.25) is 24.0 Å². The number of halogens is 7. The lowest BCUT2D eigenvalue weighted by Crippen LogP contribution is -2.57. The van der Waals surface area contributed by atoms with Gasteiger partial charge in [0, 0.05) is 29.7 Å².